The summed E-state index contributed by atoms with van der Waals surface area (Å²) in [5.41, 5.74) is 1.62. The van der Waals surface area contributed by atoms with E-state index in [0.29, 0.717) is 28.8 Å². The van der Waals surface area contributed by atoms with Crippen molar-refractivity contribution in [2.45, 2.75) is 6.42 Å². The maximum Gasteiger partial charge on any atom is 0.270 e. The highest BCUT2D eigenvalue weighted by Crippen LogP contribution is 2.35. The fourth-order valence-electron chi connectivity index (χ4n) is 3.08. The third kappa shape index (κ3) is 4.96. The van der Waals surface area contributed by atoms with Crippen molar-refractivity contribution in [3.8, 4) is 5.75 Å². The third-order valence-electron chi connectivity index (χ3n) is 4.44. The van der Waals surface area contributed by atoms with Gasteiger partial charge in [0.25, 0.3) is 11.8 Å². The minimum absolute atomic E-state index is 0.0805. The van der Waals surface area contributed by atoms with Crippen molar-refractivity contribution >= 4 is 80.0 Å². The summed E-state index contributed by atoms with van der Waals surface area (Å²) in [6.45, 7) is 7.76. The van der Waals surface area contributed by atoms with Gasteiger partial charge in [0.2, 0.25) is 0 Å². The zero-order valence-electron chi connectivity index (χ0n) is 16.7. The highest BCUT2D eigenvalue weighted by molar-refractivity contribution is 9.10. The van der Waals surface area contributed by atoms with E-state index >= 15 is 0 Å². The molecule has 3 rings (SSSR count). The molecule has 1 saturated heterocycles. The summed E-state index contributed by atoms with van der Waals surface area (Å²) in [6, 6.07) is 8.40. The summed E-state index contributed by atoms with van der Waals surface area (Å²) < 4.78 is 6.40. The first-order valence-electron chi connectivity index (χ1n) is 9.31. The number of benzene rings is 2. The van der Waals surface area contributed by atoms with E-state index in [9.17, 15) is 9.59 Å². The van der Waals surface area contributed by atoms with E-state index in [1.54, 1.807) is 36.4 Å². The molecule has 0 aliphatic carbocycles. The number of hydrogen-bond donors (Lipinski definition) is 1. The Hall–Kier alpha value is -2.45. The van der Waals surface area contributed by atoms with Crippen LogP contribution < -0.4 is 15.0 Å². The second-order valence-electron chi connectivity index (χ2n) is 6.61. The van der Waals surface area contributed by atoms with Gasteiger partial charge in [0, 0.05) is 0 Å². The van der Waals surface area contributed by atoms with Gasteiger partial charge < -0.3 is 4.74 Å². The molecule has 1 aliphatic rings. The fraction of sp³-hybridized carbons (Fsp3) is 0.0870. The number of allylic oxidation sites excluding steroid dienone is 1. The van der Waals surface area contributed by atoms with Gasteiger partial charge in [0.05, 0.1) is 20.2 Å². The average molecular weight is 552 g/mol. The van der Waals surface area contributed by atoms with Crippen LogP contribution in [0.5, 0.6) is 5.75 Å². The summed E-state index contributed by atoms with van der Waals surface area (Å²) >= 11 is 21.1. The van der Waals surface area contributed by atoms with E-state index in [1.165, 1.54) is 6.08 Å². The van der Waals surface area contributed by atoms with Gasteiger partial charge in [-0.15, -0.1) is 6.58 Å². The van der Waals surface area contributed by atoms with Crippen LogP contribution in [0.1, 0.15) is 11.1 Å². The first-order valence-corrected chi connectivity index (χ1v) is 11.3. The third-order valence-corrected chi connectivity index (χ3v) is 6.12. The Labute approximate surface area is 209 Å². The lowest BCUT2D eigenvalue weighted by atomic mass is 10.0. The molecule has 1 aliphatic heterocycles. The van der Waals surface area contributed by atoms with Crippen LogP contribution >= 0.6 is 51.3 Å². The first kappa shape index (κ1) is 24.2. The first-order chi connectivity index (χ1) is 15.3. The predicted octanol–water partition coefficient (Wildman–Crippen LogP) is 5.88. The molecular weight excluding hydrogens is 535 g/mol. The number of nitrogens with zero attached hydrogens (tertiary/aromatic N) is 1. The lowest BCUT2D eigenvalue weighted by Gasteiger charge is -2.29. The fourth-order valence-corrected chi connectivity index (χ4v) is 4.36. The largest absolute Gasteiger partial charge is 0.488 e. The summed E-state index contributed by atoms with van der Waals surface area (Å²) in [5.74, 6) is -0.584. The second kappa shape index (κ2) is 10.4. The summed E-state index contributed by atoms with van der Waals surface area (Å²) in [4.78, 5) is 27.0. The van der Waals surface area contributed by atoms with Crippen molar-refractivity contribution in [3.05, 3.63) is 86.9 Å². The Balaban J connectivity index is 2.06. The van der Waals surface area contributed by atoms with Gasteiger partial charge in [-0.05, 0) is 76.0 Å². The van der Waals surface area contributed by atoms with E-state index in [-0.39, 0.29) is 26.4 Å². The number of nitrogens with one attached hydrogen (secondary N) is 1. The lowest BCUT2D eigenvalue weighted by molar-refractivity contribution is -0.122. The monoisotopic (exact) mass is 550 g/mol. The van der Waals surface area contributed by atoms with Gasteiger partial charge in [0.1, 0.15) is 17.9 Å². The van der Waals surface area contributed by atoms with Crippen molar-refractivity contribution in [2.24, 2.45) is 0 Å². The zero-order chi connectivity index (χ0) is 23.4. The van der Waals surface area contributed by atoms with Crippen molar-refractivity contribution in [1.29, 1.82) is 0 Å². The van der Waals surface area contributed by atoms with Gasteiger partial charge in [-0.3, -0.25) is 19.8 Å². The molecule has 2 aromatic rings. The highest BCUT2D eigenvalue weighted by atomic mass is 79.9. The van der Waals surface area contributed by atoms with E-state index in [2.05, 4.69) is 34.4 Å². The number of amides is 2. The van der Waals surface area contributed by atoms with E-state index in [0.717, 1.165) is 10.5 Å². The van der Waals surface area contributed by atoms with Crippen LogP contribution in [0.3, 0.4) is 0 Å². The molecule has 1 N–H and O–H groups in total. The van der Waals surface area contributed by atoms with Crippen LogP contribution in [0.4, 0.5) is 5.69 Å². The topological polar surface area (TPSA) is 58.6 Å². The number of carbonyl (C=O) groups is 2. The number of halogens is 3. The van der Waals surface area contributed by atoms with E-state index in [4.69, 9.17) is 40.2 Å². The van der Waals surface area contributed by atoms with Crippen molar-refractivity contribution in [3.63, 3.8) is 0 Å². The van der Waals surface area contributed by atoms with Crippen molar-refractivity contribution in [2.75, 3.05) is 11.5 Å². The predicted molar refractivity (Wildman–Crippen MR) is 136 cm³/mol. The molecule has 2 amide bonds. The minimum atomic E-state index is -0.615. The molecule has 32 heavy (non-hydrogen) atoms. The van der Waals surface area contributed by atoms with E-state index in [1.807, 2.05) is 6.07 Å². The molecule has 1 heterocycles. The Morgan fingerprint density at radius 2 is 1.94 bits per heavy atom. The number of carbonyl (C=O) groups excluding carboxylic acids is 2. The molecular formula is C23H17BrCl2N2O3S. The number of hydrogen-bond acceptors (Lipinski definition) is 4. The van der Waals surface area contributed by atoms with Gasteiger partial charge in [-0.25, -0.2) is 0 Å². The van der Waals surface area contributed by atoms with Crippen LogP contribution in [0, 0.1) is 0 Å². The SMILES string of the molecule is C=CCOc1c(Br)cc(/C=C2\C(=O)NC(=S)N(c3cccc(Cl)c3Cl)C2=O)cc1CC=C. The molecule has 0 unspecified atom stereocenters. The zero-order valence-corrected chi connectivity index (χ0v) is 20.6. The minimum Gasteiger partial charge on any atom is -0.488 e. The standard InChI is InChI=1S/C23H17BrCl2N2O3S/c1-3-6-14-10-13(12-16(24)20(14)31-9-4-2)11-15-21(29)27-23(32)28(22(15)30)18-8-5-7-17(25)19(18)26/h3-5,7-8,10-12H,1-2,6,9H2,(H,27,29,32)/b15-11+. The molecule has 9 heteroatoms. The number of anilines is 1. The molecule has 164 valence electrons. The molecule has 1 fully saturated rings. The summed E-state index contributed by atoms with van der Waals surface area (Å²) in [5, 5.41) is 2.86. The maximum absolute atomic E-state index is 13.3. The van der Waals surface area contributed by atoms with Crippen molar-refractivity contribution in [1.82, 2.24) is 5.32 Å². The molecule has 0 bridgehead atoms. The van der Waals surface area contributed by atoms with Crippen LogP contribution in [-0.4, -0.2) is 23.5 Å². The average Bonchev–Trinajstić information content (AvgIpc) is 2.73. The Morgan fingerprint density at radius 3 is 2.62 bits per heavy atom. The van der Waals surface area contributed by atoms with Crippen LogP contribution in [0.2, 0.25) is 10.0 Å². The Kier molecular flexibility index (Phi) is 7.90. The second-order valence-corrected chi connectivity index (χ2v) is 8.64. The smallest absolute Gasteiger partial charge is 0.270 e. The van der Waals surface area contributed by atoms with Crippen LogP contribution in [-0.2, 0) is 16.0 Å². The van der Waals surface area contributed by atoms with Gasteiger partial charge in [0.15, 0.2) is 5.11 Å². The molecule has 0 aromatic heterocycles. The van der Waals surface area contributed by atoms with Gasteiger partial charge in [-0.2, -0.15) is 0 Å². The van der Waals surface area contributed by atoms with Crippen molar-refractivity contribution < 1.29 is 14.3 Å². The molecule has 0 atom stereocenters. The molecule has 0 radical (unpaired) electrons. The van der Waals surface area contributed by atoms with Gasteiger partial charge in [-0.1, -0.05) is 48.0 Å². The number of ether oxygens (including phenoxy) is 1. The molecule has 0 saturated carbocycles. The highest BCUT2D eigenvalue weighted by Gasteiger charge is 2.35. The normalized spacial score (nSPS) is 15.0. The van der Waals surface area contributed by atoms with Crippen LogP contribution in [0.15, 0.2) is 65.7 Å². The molecule has 5 nitrogen and oxygen atoms in total. The number of rotatable bonds is 7. The summed E-state index contributed by atoms with van der Waals surface area (Å²) in [7, 11) is 0. The van der Waals surface area contributed by atoms with E-state index < -0.39 is 11.8 Å². The van der Waals surface area contributed by atoms with Gasteiger partial charge >= 0.3 is 0 Å². The number of thiocarbonyl (C=S) groups is 1. The van der Waals surface area contributed by atoms with Crippen LogP contribution in [0.25, 0.3) is 6.08 Å². The quantitative estimate of drug-likeness (QED) is 0.202. The Bertz CT molecular complexity index is 1180. The maximum atomic E-state index is 13.3. The molecule has 0 spiro atoms. The Morgan fingerprint density at radius 1 is 1.19 bits per heavy atom. The molecule has 2 aromatic carbocycles. The lowest BCUT2D eigenvalue weighted by Crippen LogP contribution is -2.54. The summed E-state index contributed by atoms with van der Waals surface area (Å²) in [6.07, 6.45) is 5.39.